The maximum Gasteiger partial charge on any atom is 0.313 e. The molecule has 0 aliphatic heterocycles. The molecule has 0 saturated heterocycles. The minimum absolute atomic E-state index is 0.0261. The summed E-state index contributed by atoms with van der Waals surface area (Å²) in [6.45, 7) is 3.59. The molecule has 1 rings (SSSR count). The lowest BCUT2D eigenvalue weighted by Crippen LogP contribution is -1.97. The molecule has 0 aliphatic rings. The second kappa shape index (κ2) is 5.46. The van der Waals surface area contributed by atoms with Crippen molar-refractivity contribution in [3.05, 3.63) is 36.4 Å². The van der Waals surface area contributed by atoms with Gasteiger partial charge in [0.1, 0.15) is 5.75 Å². The van der Waals surface area contributed by atoms with E-state index in [-0.39, 0.29) is 11.5 Å². The van der Waals surface area contributed by atoms with Gasteiger partial charge < -0.3 is 10.2 Å². The normalized spacial score (nSPS) is 9.87. The minimum Gasteiger partial charge on any atom is -0.508 e. The first-order valence-electron chi connectivity index (χ1n) is 4.41. The van der Waals surface area contributed by atoms with E-state index in [4.69, 9.17) is 5.11 Å². The molecule has 0 aromatic heterocycles. The van der Waals surface area contributed by atoms with E-state index in [0.717, 1.165) is 10.5 Å². The third-order valence-corrected chi connectivity index (χ3v) is 2.76. The van der Waals surface area contributed by atoms with Crippen molar-refractivity contribution >= 4 is 17.7 Å². The maximum atomic E-state index is 10.4. The Hall–Kier alpha value is -1.42. The van der Waals surface area contributed by atoms with Crippen LogP contribution in [0, 0.1) is 0 Å². The number of phenols is 1. The van der Waals surface area contributed by atoms with Crippen molar-refractivity contribution in [1.82, 2.24) is 0 Å². The number of carboxylic acid groups (broad SMARTS) is 1. The van der Waals surface area contributed by atoms with Gasteiger partial charge in [0.15, 0.2) is 0 Å². The summed E-state index contributed by atoms with van der Waals surface area (Å²) in [5.74, 6) is -0.605. The Morgan fingerprint density at radius 1 is 1.53 bits per heavy atom. The first-order chi connectivity index (χ1) is 7.13. The van der Waals surface area contributed by atoms with Crippen LogP contribution in [-0.4, -0.2) is 21.9 Å². The van der Waals surface area contributed by atoms with E-state index in [1.54, 1.807) is 24.3 Å². The molecule has 0 fully saturated rings. The lowest BCUT2D eigenvalue weighted by atomic mass is 10.1. The molecule has 0 spiro atoms. The second-order valence-corrected chi connectivity index (χ2v) is 4.01. The number of phenolic OH excluding ortho intramolecular Hbond substituents is 1. The summed E-state index contributed by atoms with van der Waals surface area (Å²) in [6, 6.07) is 5.06. The van der Waals surface area contributed by atoms with E-state index < -0.39 is 5.97 Å². The van der Waals surface area contributed by atoms with Crippen molar-refractivity contribution in [2.45, 2.75) is 11.3 Å². The fraction of sp³-hybridized carbons (Fsp3) is 0.182. The Morgan fingerprint density at radius 2 is 2.27 bits per heavy atom. The third-order valence-electron chi connectivity index (χ3n) is 1.78. The average molecular weight is 224 g/mol. The number of carboxylic acids is 1. The summed E-state index contributed by atoms with van der Waals surface area (Å²) >= 11 is 1.23. The van der Waals surface area contributed by atoms with Gasteiger partial charge in [0.05, 0.1) is 5.75 Å². The Bertz CT molecular complexity index is 374. The van der Waals surface area contributed by atoms with E-state index in [1.807, 2.05) is 0 Å². The smallest absolute Gasteiger partial charge is 0.313 e. The van der Waals surface area contributed by atoms with Gasteiger partial charge in [-0.15, -0.1) is 18.3 Å². The molecule has 2 N–H and O–H groups in total. The van der Waals surface area contributed by atoms with E-state index >= 15 is 0 Å². The van der Waals surface area contributed by atoms with Gasteiger partial charge in [0.2, 0.25) is 0 Å². The van der Waals surface area contributed by atoms with Crippen LogP contribution in [0.3, 0.4) is 0 Å². The van der Waals surface area contributed by atoms with E-state index in [2.05, 4.69) is 6.58 Å². The zero-order valence-corrected chi connectivity index (χ0v) is 8.96. The van der Waals surface area contributed by atoms with Gasteiger partial charge in [0, 0.05) is 4.90 Å². The van der Waals surface area contributed by atoms with Gasteiger partial charge in [-0.25, -0.2) is 0 Å². The van der Waals surface area contributed by atoms with Crippen LogP contribution < -0.4 is 0 Å². The minimum atomic E-state index is -0.849. The zero-order chi connectivity index (χ0) is 11.3. The fourth-order valence-electron chi connectivity index (χ4n) is 1.12. The molecule has 0 heterocycles. The number of aliphatic carboxylic acids is 1. The fourth-order valence-corrected chi connectivity index (χ4v) is 1.80. The number of benzene rings is 1. The van der Waals surface area contributed by atoms with Gasteiger partial charge in [-0.3, -0.25) is 4.79 Å². The number of thioether (sulfide) groups is 1. The number of hydrogen-bond acceptors (Lipinski definition) is 3. The first-order valence-corrected chi connectivity index (χ1v) is 5.39. The molecule has 1 aromatic rings. The Labute approximate surface area is 92.4 Å². The lowest BCUT2D eigenvalue weighted by Gasteiger charge is -2.04. The standard InChI is InChI=1S/C11H12O3S/c1-2-3-8-6-9(4-5-10(8)12)15-7-11(13)14/h2,4-6,12H,1,3,7H2,(H,13,14). The highest BCUT2D eigenvalue weighted by molar-refractivity contribution is 8.00. The van der Waals surface area contributed by atoms with E-state index in [1.165, 1.54) is 11.8 Å². The summed E-state index contributed by atoms with van der Waals surface area (Å²) in [6.07, 6.45) is 2.27. The van der Waals surface area contributed by atoms with Crippen molar-refractivity contribution in [3.63, 3.8) is 0 Å². The molecule has 4 heteroatoms. The van der Waals surface area contributed by atoms with Crippen LogP contribution in [0.25, 0.3) is 0 Å². The SMILES string of the molecule is C=CCc1cc(SCC(=O)O)ccc1O. The Balaban J connectivity index is 2.77. The number of carbonyl (C=O) groups is 1. The predicted molar refractivity (Wildman–Crippen MR) is 60.4 cm³/mol. The molecule has 0 amide bonds. The summed E-state index contributed by atoms with van der Waals surface area (Å²) < 4.78 is 0. The Kier molecular flexibility index (Phi) is 4.24. The first kappa shape index (κ1) is 11.7. The van der Waals surface area contributed by atoms with Crippen molar-refractivity contribution in [1.29, 1.82) is 0 Å². The van der Waals surface area contributed by atoms with Crippen molar-refractivity contribution < 1.29 is 15.0 Å². The number of hydrogen-bond donors (Lipinski definition) is 2. The van der Waals surface area contributed by atoms with Crippen molar-refractivity contribution in [2.75, 3.05) is 5.75 Å². The number of aromatic hydroxyl groups is 1. The van der Waals surface area contributed by atoms with Crippen LogP contribution in [0.2, 0.25) is 0 Å². The summed E-state index contributed by atoms with van der Waals surface area (Å²) in [5.41, 5.74) is 0.764. The second-order valence-electron chi connectivity index (χ2n) is 2.97. The van der Waals surface area contributed by atoms with Gasteiger partial charge in [0.25, 0.3) is 0 Å². The Morgan fingerprint density at radius 3 is 2.87 bits per heavy atom. The molecule has 15 heavy (non-hydrogen) atoms. The average Bonchev–Trinajstić information content (AvgIpc) is 2.19. The molecule has 3 nitrogen and oxygen atoms in total. The monoisotopic (exact) mass is 224 g/mol. The van der Waals surface area contributed by atoms with E-state index in [0.29, 0.717) is 6.42 Å². The summed E-state index contributed by atoms with van der Waals surface area (Å²) in [4.78, 5) is 11.2. The van der Waals surface area contributed by atoms with E-state index in [9.17, 15) is 9.90 Å². The third kappa shape index (κ3) is 3.67. The molecule has 0 atom stereocenters. The van der Waals surface area contributed by atoms with Crippen LogP contribution in [-0.2, 0) is 11.2 Å². The van der Waals surface area contributed by atoms with Crippen LogP contribution in [0.4, 0.5) is 0 Å². The maximum absolute atomic E-state index is 10.4. The zero-order valence-electron chi connectivity index (χ0n) is 8.14. The highest BCUT2D eigenvalue weighted by Crippen LogP contribution is 2.25. The van der Waals surface area contributed by atoms with Gasteiger partial charge in [-0.2, -0.15) is 0 Å². The van der Waals surface area contributed by atoms with Crippen LogP contribution in [0.5, 0.6) is 5.75 Å². The summed E-state index contributed by atoms with van der Waals surface area (Å²) in [5, 5.41) is 18.0. The topological polar surface area (TPSA) is 57.5 Å². The molecule has 80 valence electrons. The highest BCUT2D eigenvalue weighted by atomic mass is 32.2. The molecule has 0 aliphatic carbocycles. The highest BCUT2D eigenvalue weighted by Gasteiger charge is 2.03. The molecular formula is C11H12O3S. The van der Waals surface area contributed by atoms with Crippen molar-refractivity contribution in [3.8, 4) is 5.75 Å². The van der Waals surface area contributed by atoms with Gasteiger partial charge in [-0.1, -0.05) is 6.08 Å². The molecule has 0 unspecified atom stereocenters. The number of allylic oxidation sites excluding steroid dienone is 1. The summed E-state index contributed by atoms with van der Waals surface area (Å²) in [7, 11) is 0. The molecule has 0 bridgehead atoms. The van der Waals surface area contributed by atoms with Gasteiger partial charge in [-0.05, 0) is 30.2 Å². The molecule has 1 aromatic carbocycles. The number of rotatable bonds is 5. The molecule has 0 radical (unpaired) electrons. The predicted octanol–water partition coefficient (Wildman–Crippen LogP) is 2.30. The van der Waals surface area contributed by atoms with Crippen molar-refractivity contribution in [2.24, 2.45) is 0 Å². The largest absolute Gasteiger partial charge is 0.508 e. The molecular weight excluding hydrogens is 212 g/mol. The van der Waals surface area contributed by atoms with Gasteiger partial charge >= 0.3 is 5.97 Å². The molecule has 0 saturated carbocycles. The van der Waals surface area contributed by atoms with Crippen LogP contribution in [0.15, 0.2) is 35.7 Å². The quantitative estimate of drug-likeness (QED) is 0.595. The lowest BCUT2D eigenvalue weighted by molar-refractivity contribution is -0.133. The van der Waals surface area contributed by atoms with Crippen LogP contribution in [0.1, 0.15) is 5.56 Å². The van der Waals surface area contributed by atoms with Crippen LogP contribution >= 0.6 is 11.8 Å².